The Morgan fingerprint density at radius 2 is 2.14 bits per heavy atom. The molecule has 2 aliphatic heterocycles. The van der Waals surface area contributed by atoms with E-state index >= 15 is 0 Å². The van der Waals surface area contributed by atoms with E-state index in [-0.39, 0.29) is 42.8 Å². The van der Waals surface area contributed by atoms with E-state index in [9.17, 15) is 18.0 Å². The first-order valence-electron chi connectivity index (χ1n) is 9.31. The van der Waals surface area contributed by atoms with Crippen molar-refractivity contribution in [2.75, 3.05) is 22.5 Å². The summed E-state index contributed by atoms with van der Waals surface area (Å²) in [5.41, 5.74) is 1.18. The summed E-state index contributed by atoms with van der Waals surface area (Å²) in [4.78, 5) is 19.3. The van der Waals surface area contributed by atoms with Crippen LogP contribution >= 0.6 is 0 Å². The van der Waals surface area contributed by atoms with Crippen LogP contribution < -0.4 is 16.0 Å². The number of ether oxygens (including phenoxy) is 1. The lowest BCUT2D eigenvalue weighted by molar-refractivity contribution is -0.137. The summed E-state index contributed by atoms with van der Waals surface area (Å²) in [7, 11) is 0. The van der Waals surface area contributed by atoms with Gasteiger partial charge in [-0.25, -0.2) is 4.98 Å². The molecule has 0 saturated carbocycles. The third-order valence-corrected chi connectivity index (χ3v) is 4.90. The van der Waals surface area contributed by atoms with Crippen LogP contribution in [-0.2, 0) is 22.1 Å². The Balaban J connectivity index is 1.53. The zero-order chi connectivity index (χ0) is 20.6. The molecule has 2 unspecified atom stereocenters. The molecule has 3 heterocycles. The number of anilines is 4. The third kappa shape index (κ3) is 4.42. The number of rotatable bonds is 5. The van der Waals surface area contributed by atoms with Crippen molar-refractivity contribution in [1.29, 1.82) is 0 Å². The number of aromatic nitrogens is 2. The Morgan fingerprint density at radius 1 is 1.31 bits per heavy atom. The summed E-state index contributed by atoms with van der Waals surface area (Å²) in [6, 6.07) is 5.17. The van der Waals surface area contributed by atoms with Crippen molar-refractivity contribution >= 4 is 29.0 Å². The molecule has 2 aromatic rings. The number of nitrogens with one attached hydrogen (secondary N) is 3. The fourth-order valence-electron chi connectivity index (χ4n) is 3.47. The van der Waals surface area contributed by atoms with Crippen LogP contribution in [-0.4, -0.2) is 34.6 Å². The van der Waals surface area contributed by atoms with E-state index in [1.807, 2.05) is 6.92 Å². The zero-order valence-corrected chi connectivity index (χ0v) is 15.6. The van der Waals surface area contributed by atoms with Crippen molar-refractivity contribution in [1.82, 2.24) is 9.97 Å². The second-order valence-corrected chi connectivity index (χ2v) is 7.20. The topological polar surface area (TPSA) is 88.2 Å². The van der Waals surface area contributed by atoms with Gasteiger partial charge < -0.3 is 20.7 Å². The highest BCUT2D eigenvalue weighted by molar-refractivity contribution is 5.99. The fourth-order valence-corrected chi connectivity index (χ4v) is 3.47. The lowest BCUT2D eigenvalue weighted by Gasteiger charge is -2.17. The maximum Gasteiger partial charge on any atom is 0.421 e. The van der Waals surface area contributed by atoms with Crippen LogP contribution in [0.25, 0.3) is 0 Å². The number of alkyl halides is 3. The van der Waals surface area contributed by atoms with Gasteiger partial charge in [-0.15, -0.1) is 0 Å². The van der Waals surface area contributed by atoms with Crippen molar-refractivity contribution in [3.63, 3.8) is 0 Å². The van der Waals surface area contributed by atoms with Gasteiger partial charge >= 0.3 is 6.18 Å². The second-order valence-electron chi connectivity index (χ2n) is 7.20. The quantitative estimate of drug-likeness (QED) is 0.700. The largest absolute Gasteiger partial charge is 0.421 e. The molecule has 1 saturated heterocycles. The molecule has 154 valence electrons. The summed E-state index contributed by atoms with van der Waals surface area (Å²) < 4.78 is 45.7. The van der Waals surface area contributed by atoms with Gasteiger partial charge in [-0.2, -0.15) is 18.2 Å². The van der Waals surface area contributed by atoms with Crippen LogP contribution in [0.2, 0.25) is 0 Å². The average Bonchev–Trinajstić information content (AvgIpc) is 3.23. The maximum absolute atomic E-state index is 13.3. The number of halogens is 3. The van der Waals surface area contributed by atoms with Crippen molar-refractivity contribution in [2.24, 2.45) is 0 Å². The van der Waals surface area contributed by atoms with E-state index in [0.29, 0.717) is 5.69 Å². The van der Waals surface area contributed by atoms with Crippen LogP contribution in [0, 0.1) is 0 Å². The highest BCUT2D eigenvalue weighted by Gasteiger charge is 2.35. The Kier molecular flexibility index (Phi) is 5.03. The summed E-state index contributed by atoms with van der Waals surface area (Å²) in [5.74, 6) is -0.368. The van der Waals surface area contributed by atoms with Gasteiger partial charge in [0, 0.05) is 24.1 Å². The van der Waals surface area contributed by atoms with Gasteiger partial charge in [0.1, 0.15) is 11.4 Å². The lowest BCUT2D eigenvalue weighted by atomic mass is 10.1. The van der Waals surface area contributed by atoms with Crippen LogP contribution in [0.5, 0.6) is 0 Å². The van der Waals surface area contributed by atoms with Gasteiger partial charge in [-0.1, -0.05) is 0 Å². The van der Waals surface area contributed by atoms with Crippen molar-refractivity contribution in [3.8, 4) is 0 Å². The minimum absolute atomic E-state index is 0.0263. The number of nitrogens with zero attached hydrogens (tertiary/aromatic N) is 2. The molecular formula is C19H20F3N5O2. The molecular weight excluding hydrogens is 387 g/mol. The van der Waals surface area contributed by atoms with Gasteiger partial charge in [0.25, 0.3) is 0 Å². The molecule has 2 atom stereocenters. The van der Waals surface area contributed by atoms with E-state index in [2.05, 4.69) is 25.9 Å². The Bertz CT molecular complexity index is 935. The van der Waals surface area contributed by atoms with Crippen LogP contribution in [0.15, 0.2) is 24.4 Å². The number of amides is 1. The van der Waals surface area contributed by atoms with Crippen LogP contribution in [0.3, 0.4) is 0 Å². The van der Waals surface area contributed by atoms with E-state index in [1.54, 1.807) is 18.2 Å². The number of fused-ring (bicyclic) bond motifs is 1. The second kappa shape index (κ2) is 7.51. The van der Waals surface area contributed by atoms with E-state index in [0.717, 1.165) is 30.3 Å². The Morgan fingerprint density at radius 3 is 2.86 bits per heavy atom. The predicted molar refractivity (Wildman–Crippen MR) is 101 cm³/mol. The molecule has 0 bridgehead atoms. The van der Waals surface area contributed by atoms with Crippen LogP contribution in [0.4, 0.5) is 36.3 Å². The summed E-state index contributed by atoms with van der Waals surface area (Å²) in [6.07, 6.45) is -1.95. The number of hydrogen-bond acceptors (Lipinski definition) is 6. The molecule has 4 rings (SSSR count). The fraction of sp³-hybridized carbons (Fsp3) is 0.421. The molecule has 1 aromatic heterocycles. The molecule has 10 heteroatoms. The van der Waals surface area contributed by atoms with Gasteiger partial charge in [0.15, 0.2) is 0 Å². The zero-order valence-electron chi connectivity index (χ0n) is 15.6. The Labute approximate surface area is 165 Å². The van der Waals surface area contributed by atoms with Crippen molar-refractivity contribution < 1.29 is 22.7 Å². The minimum atomic E-state index is -4.58. The molecule has 0 aliphatic carbocycles. The molecule has 7 nitrogen and oxygen atoms in total. The monoisotopic (exact) mass is 407 g/mol. The summed E-state index contributed by atoms with van der Waals surface area (Å²) in [5, 5.41) is 8.39. The van der Waals surface area contributed by atoms with Gasteiger partial charge in [0.05, 0.1) is 18.6 Å². The molecule has 2 aliphatic rings. The summed E-state index contributed by atoms with van der Waals surface area (Å²) in [6.45, 7) is 2.17. The third-order valence-electron chi connectivity index (χ3n) is 4.90. The highest BCUT2D eigenvalue weighted by atomic mass is 19.4. The number of carbonyl (C=O) groups excluding carboxylic acids is 1. The van der Waals surface area contributed by atoms with E-state index in [1.165, 1.54) is 0 Å². The molecule has 1 amide bonds. The van der Waals surface area contributed by atoms with Crippen molar-refractivity contribution in [2.45, 2.75) is 44.6 Å². The first-order chi connectivity index (χ1) is 13.8. The molecule has 29 heavy (non-hydrogen) atoms. The normalized spacial score (nSPS) is 21.0. The Hall–Kier alpha value is -2.88. The predicted octanol–water partition coefficient (Wildman–Crippen LogP) is 3.71. The minimum Gasteiger partial charge on any atom is -0.373 e. The standard InChI is InChI=1S/C19H20F3N5O2/c1-10-2-4-13(29-10)8-23-17-14(19(20,21)22)9-24-18(27-17)25-12-3-5-15-11(6-12)7-16(28)26-15/h3,5-6,9-10,13H,2,4,7-8H2,1H3,(H,26,28)(H2,23,24,25,27). The molecule has 0 radical (unpaired) electrons. The highest BCUT2D eigenvalue weighted by Crippen LogP contribution is 2.35. The summed E-state index contributed by atoms with van der Waals surface area (Å²) >= 11 is 0. The number of hydrogen-bond donors (Lipinski definition) is 3. The molecule has 1 fully saturated rings. The van der Waals surface area contributed by atoms with Crippen LogP contribution in [0.1, 0.15) is 30.9 Å². The smallest absolute Gasteiger partial charge is 0.373 e. The molecule has 0 spiro atoms. The van der Waals surface area contributed by atoms with Crippen molar-refractivity contribution in [3.05, 3.63) is 35.5 Å². The first-order valence-corrected chi connectivity index (χ1v) is 9.31. The van der Waals surface area contributed by atoms with Gasteiger partial charge in [-0.05, 0) is 43.5 Å². The number of benzene rings is 1. The maximum atomic E-state index is 13.3. The van der Waals surface area contributed by atoms with E-state index < -0.39 is 11.7 Å². The number of carbonyl (C=O) groups is 1. The lowest BCUT2D eigenvalue weighted by Crippen LogP contribution is -2.22. The van der Waals surface area contributed by atoms with Gasteiger partial charge in [-0.3, -0.25) is 4.79 Å². The molecule has 1 aromatic carbocycles. The first kappa shape index (κ1) is 19.4. The average molecular weight is 407 g/mol. The molecule has 3 N–H and O–H groups in total. The van der Waals surface area contributed by atoms with E-state index in [4.69, 9.17) is 4.74 Å². The SMILES string of the molecule is CC1CCC(CNc2nc(Nc3ccc4c(c3)CC(=O)N4)ncc2C(F)(F)F)O1. The van der Waals surface area contributed by atoms with Gasteiger partial charge in [0.2, 0.25) is 11.9 Å².